The minimum absolute atomic E-state index is 0.109. The number of nitro benzene ring substituents is 1. The van der Waals surface area contributed by atoms with Crippen LogP contribution in [0.1, 0.15) is 11.1 Å². The first-order valence-corrected chi connectivity index (χ1v) is 7.34. The van der Waals surface area contributed by atoms with E-state index in [0.29, 0.717) is 10.8 Å². The molecule has 0 aliphatic rings. The second kappa shape index (κ2) is 7.65. The van der Waals surface area contributed by atoms with Crippen LogP contribution < -0.4 is 15.2 Å². The lowest BCUT2D eigenvalue weighted by Crippen LogP contribution is -2.28. The topological polar surface area (TPSA) is 105 Å². The van der Waals surface area contributed by atoms with Gasteiger partial charge in [0.15, 0.2) is 6.61 Å². The minimum atomic E-state index is -0.600. The van der Waals surface area contributed by atoms with E-state index in [2.05, 4.69) is 5.32 Å². The third-order valence-corrected chi connectivity index (χ3v) is 3.65. The molecule has 0 radical (unpaired) electrons. The highest BCUT2D eigenvalue weighted by atomic mass is 35.5. The summed E-state index contributed by atoms with van der Waals surface area (Å²) < 4.78 is 5.33. The van der Waals surface area contributed by atoms with Crippen LogP contribution in [-0.2, 0) is 11.3 Å². The van der Waals surface area contributed by atoms with Gasteiger partial charge in [-0.1, -0.05) is 17.7 Å². The van der Waals surface area contributed by atoms with E-state index in [1.54, 1.807) is 18.2 Å². The van der Waals surface area contributed by atoms with Crippen LogP contribution in [0, 0.1) is 17.0 Å². The van der Waals surface area contributed by atoms with Gasteiger partial charge in [0.2, 0.25) is 0 Å². The number of carbonyl (C=O) groups is 1. The van der Waals surface area contributed by atoms with E-state index in [1.807, 2.05) is 6.92 Å². The van der Waals surface area contributed by atoms with Crippen LogP contribution in [0.4, 0.5) is 5.69 Å². The van der Waals surface area contributed by atoms with Crippen molar-refractivity contribution in [1.29, 1.82) is 0 Å². The predicted octanol–water partition coefficient (Wildman–Crippen LogP) is 2.33. The quantitative estimate of drug-likeness (QED) is 0.636. The van der Waals surface area contributed by atoms with E-state index in [0.717, 1.165) is 23.8 Å². The summed E-state index contributed by atoms with van der Waals surface area (Å²) in [6, 6.07) is 8.38. The highest BCUT2D eigenvalue weighted by molar-refractivity contribution is 6.31. The number of carbonyl (C=O) groups excluding carboxylic acids is 1. The Bertz CT molecular complexity index is 779. The van der Waals surface area contributed by atoms with Crippen molar-refractivity contribution in [3.05, 3.63) is 62.7 Å². The van der Waals surface area contributed by atoms with Gasteiger partial charge in [0.05, 0.1) is 4.92 Å². The molecule has 0 aliphatic heterocycles. The second-order valence-electron chi connectivity index (χ2n) is 5.03. The third kappa shape index (κ3) is 4.60. The number of benzene rings is 2. The van der Waals surface area contributed by atoms with Crippen molar-refractivity contribution in [2.75, 3.05) is 6.61 Å². The molecule has 1 amide bonds. The molecule has 0 unspecified atom stereocenters. The summed E-state index contributed by atoms with van der Waals surface area (Å²) >= 11 is 5.90. The van der Waals surface area contributed by atoms with Crippen molar-refractivity contribution >= 4 is 23.2 Å². The number of amides is 1. The van der Waals surface area contributed by atoms with E-state index in [4.69, 9.17) is 16.3 Å². The molecule has 0 saturated carbocycles. The van der Waals surface area contributed by atoms with Crippen LogP contribution in [0.15, 0.2) is 36.4 Å². The Labute approximate surface area is 143 Å². The van der Waals surface area contributed by atoms with E-state index in [9.17, 15) is 20.0 Å². The van der Waals surface area contributed by atoms with E-state index >= 15 is 0 Å². The SMILES string of the molecule is Cc1cc(OCC(=O)NCc2cc([N+](=O)[O-])ccc2[O-])ccc1Cl. The van der Waals surface area contributed by atoms with Crippen molar-refractivity contribution in [2.24, 2.45) is 0 Å². The number of aryl methyl sites for hydroxylation is 1. The van der Waals surface area contributed by atoms with Gasteiger partial charge in [-0.05, 0) is 36.2 Å². The second-order valence-corrected chi connectivity index (χ2v) is 5.43. The normalized spacial score (nSPS) is 10.2. The van der Waals surface area contributed by atoms with Gasteiger partial charge in [0.1, 0.15) is 5.75 Å². The molecule has 2 rings (SSSR count). The molecule has 2 aromatic carbocycles. The molecule has 0 aliphatic carbocycles. The number of nitrogens with zero attached hydrogens (tertiary/aromatic N) is 1. The number of rotatable bonds is 6. The molecule has 24 heavy (non-hydrogen) atoms. The Morgan fingerprint density at radius 3 is 2.71 bits per heavy atom. The summed E-state index contributed by atoms with van der Waals surface area (Å²) in [4.78, 5) is 21.9. The zero-order valence-corrected chi connectivity index (χ0v) is 13.5. The first-order chi connectivity index (χ1) is 11.4. The average molecular weight is 350 g/mol. The standard InChI is InChI=1S/C16H15ClN2O5/c1-10-6-13(3-4-14(10)17)24-9-16(21)18-8-11-7-12(19(22)23)2-5-15(11)20/h2-7,20H,8-9H2,1H3,(H,18,21)/p-1. The number of hydrogen-bond donors (Lipinski definition) is 1. The van der Waals surface area contributed by atoms with Gasteiger partial charge < -0.3 is 15.2 Å². The molecule has 0 saturated heterocycles. The Balaban J connectivity index is 1.90. The van der Waals surface area contributed by atoms with E-state index < -0.39 is 10.8 Å². The summed E-state index contributed by atoms with van der Waals surface area (Å²) in [6.07, 6.45) is 0. The summed E-state index contributed by atoms with van der Waals surface area (Å²) in [5.74, 6) is -0.337. The number of nitro groups is 1. The number of ether oxygens (including phenoxy) is 1. The minimum Gasteiger partial charge on any atom is -0.872 e. The van der Waals surface area contributed by atoms with Gasteiger partial charge in [-0.3, -0.25) is 14.9 Å². The maximum atomic E-state index is 11.8. The molecule has 0 spiro atoms. The molecule has 0 heterocycles. The smallest absolute Gasteiger partial charge is 0.269 e. The van der Waals surface area contributed by atoms with Gasteiger partial charge in [-0.15, -0.1) is 5.75 Å². The largest absolute Gasteiger partial charge is 0.872 e. The number of non-ortho nitro benzene ring substituents is 1. The molecule has 8 heteroatoms. The highest BCUT2D eigenvalue weighted by Crippen LogP contribution is 2.21. The Morgan fingerprint density at radius 1 is 1.29 bits per heavy atom. The van der Waals surface area contributed by atoms with E-state index in [1.165, 1.54) is 0 Å². The van der Waals surface area contributed by atoms with Gasteiger partial charge in [-0.2, -0.15) is 0 Å². The lowest BCUT2D eigenvalue weighted by atomic mass is 10.2. The zero-order valence-electron chi connectivity index (χ0n) is 12.7. The van der Waals surface area contributed by atoms with Crippen molar-refractivity contribution < 1.29 is 19.6 Å². The van der Waals surface area contributed by atoms with Crippen molar-refractivity contribution in [1.82, 2.24) is 5.32 Å². The zero-order chi connectivity index (χ0) is 17.7. The van der Waals surface area contributed by atoms with Crippen LogP contribution in [0.3, 0.4) is 0 Å². The van der Waals surface area contributed by atoms with Crippen LogP contribution in [0.25, 0.3) is 0 Å². The number of halogens is 1. The van der Waals surface area contributed by atoms with Crippen LogP contribution in [0.5, 0.6) is 11.5 Å². The Hall–Kier alpha value is -2.80. The maximum absolute atomic E-state index is 11.8. The molecule has 1 N–H and O–H groups in total. The van der Waals surface area contributed by atoms with Gasteiger partial charge in [0.25, 0.3) is 11.6 Å². The van der Waals surface area contributed by atoms with E-state index in [-0.39, 0.29) is 30.2 Å². The molecular formula is C16H14ClN2O5-. The van der Waals surface area contributed by atoms with Gasteiger partial charge >= 0.3 is 0 Å². The molecule has 0 aromatic heterocycles. The summed E-state index contributed by atoms with van der Waals surface area (Å²) in [5.41, 5.74) is 0.758. The van der Waals surface area contributed by atoms with Crippen LogP contribution in [0.2, 0.25) is 5.02 Å². The predicted molar refractivity (Wildman–Crippen MR) is 86.1 cm³/mol. The fourth-order valence-corrected chi connectivity index (χ4v) is 2.04. The summed E-state index contributed by atoms with van der Waals surface area (Å²) in [7, 11) is 0. The lowest BCUT2D eigenvalue weighted by Gasteiger charge is -2.14. The summed E-state index contributed by atoms with van der Waals surface area (Å²) in [6.45, 7) is 1.46. The number of nitrogens with one attached hydrogen (secondary N) is 1. The average Bonchev–Trinajstić information content (AvgIpc) is 2.55. The van der Waals surface area contributed by atoms with Gasteiger partial charge in [0, 0.05) is 23.7 Å². The molecular weight excluding hydrogens is 336 g/mol. The van der Waals surface area contributed by atoms with Gasteiger partial charge in [-0.25, -0.2) is 0 Å². The fraction of sp³-hybridized carbons (Fsp3) is 0.188. The van der Waals surface area contributed by atoms with Crippen LogP contribution >= 0.6 is 11.6 Å². The Morgan fingerprint density at radius 2 is 2.04 bits per heavy atom. The highest BCUT2D eigenvalue weighted by Gasteiger charge is 2.09. The van der Waals surface area contributed by atoms with Crippen molar-refractivity contribution in [3.8, 4) is 11.5 Å². The molecule has 0 fully saturated rings. The fourth-order valence-electron chi connectivity index (χ4n) is 1.92. The molecule has 2 aromatic rings. The molecule has 126 valence electrons. The molecule has 0 bridgehead atoms. The monoisotopic (exact) mass is 349 g/mol. The molecule has 7 nitrogen and oxygen atoms in total. The summed E-state index contributed by atoms with van der Waals surface area (Å²) in [5, 5.41) is 25.4. The third-order valence-electron chi connectivity index (χ3n) is 3.23. The first kappa shape index (κ1) is 17.6. The number of hydrogen-bond acceptors (Lipinski definition) is 5. The van der Waals surface area contributed by atoms with Crippen molar-refractivity contribution in [2.45, 2.75) is 13.5 Å². The first-order valence-electron chi connectivity index (χ1n) is 6.97. The maximum Gasteiger partial charge on any atom is 0.269 e. The van der Waals surface area contributed by atoms with Crippen LogP contribution in [-0.4, -0.2) is 17.4 Å². The Kier molecular flexibility index (Phi) is 5.59. The molecule has 0 atom stereocenters. The van der Waals surface area contributed by atoms with Crippen molar-refractivity contribution in [3.63, 3.8) is 0 Å². The lowest BCUT2D eigenvalue weighted by molar-refractivity contribution is -0.385.